The van der Waals surface area contributed by atoms with E-state index in [-0.39, 0.29) is 10.6 Å². The van der Waals surface area contributed by atoms with Gasteiger partial charge < -0.3 is 4.57 Å². The average Bonchev–Trinajstić information content (AvgIpc) is 3.18. The number of anilines is 1. The van der Waals surface area contributed by atoms with Crippen LogP contribution >= 0.6 is 23.2 Å². The first-order chi connectivity index (χ1) is 18.1. The van der Waals surface area contributed by atoms with Crippen LogP contribution in [0.25, 0.3) is 5.69 Å². The molecule has 1 heterocycles. The molecule has 1 amide bonds. The molecule has 0 spiro atoms. The van der Waals surface area contributed by atoms with Gasteiger partial charge in [-0.15, -0.1) is 0 Å². The maximum absolute atomic E-state index is 13.5. The van der Waals surface area contributed by atoms with Crippen molar-refractivity contribution >= 4 is 51.0 Å². The van der Waals surface area contributed by atoms with Crippen LogP contribution < -0.4 is 9.73 Å². The van der Waals surface area contributed by atoms with E-state index in [1.54, 1.807) is 30.3 Å². The van der Waals surface area contributed by atoms with Crippen molar-refractivity contribution in [2.75, 3.05) is 10.8 Å². The first-order valence-electron chi connectivity index (χ1n) is 11.4. The molecule has 3 aromatic carbocycles. The van der Waals surface area contributed by atoms with Gasteiger partial charge in [-0.1, -0.05) is 41.4 Å². The van der Waals surface area contributed by atoms with Crippen LogP contribution in [0.5, 0.6) is 0 Å². The molecule has 0 saturated carbocycles. The lowest BCUT2D eigenvalue weighted by Gasteiger charge is -2.23. The summed E-state index contributed by atoms with van der Waals surface area (Å²) in [5.74, 6) is -1.21. The van der Waals surface area contributed by atoms with E-state index in [0.717, 1.165) is 39.1 Å². The zero-order chi connectivity index (χ0) is 27.4. The van der Waals surface area contributed by atoms with Crippen molar-refractivity contribution in [1.82, 2.24) is 9.99 Å². The van der Waals surface area contributed by atoms with E-state index in [4.69, 9.17) is 23.2 Å². The molecule has 0 bridgehead atoms. The number of nitrogens with zero attached hydrogens (tertiary/aromatic N) is 3. The highest BCUT2D eigenvalue weighted by Gasteiger charge is 2.27. The third-order valence-electron chi connectivity index (χ3n) is 5.76. The predicted octanol–water partition coefficient (Wildman–Crippen LogP) is 5.89. The van der Waals surface area contributed by atoms with Gasteiger partial charge in [-0.3, -0.25) is 9.10 Å². The SMILES string of the molecule is Cc1cc(/C=N\NC(=O)CN(c2ccc(F)cc2)S(=O)(=O)c2ccccc2)c(C)n1-c1ccc(Cl)c(Cl)c1. The molecule has 196 valence electrons. The number of aryl methyl sites for hydroxylation is 1. The molecule has 7 nitrogen and oxygen atoms in total. The quantitative estimate of drug-likeness (QED) is 0.211. The molecule has 0 atom stereocenters. The number of nitrogens with one attached hydrogen (secondary N) is 1. The van der Waals surface area contributed by atoms with Gasteiger partial charge in [0, 0.05) is 22.6 Å². The Kier molecular flexibility index (Phi) is 8.20. The number of hydrazone groups is 1. The van der Waals surface area contributed by atoms with Gasteiger partial charge in [0.15, 0.2) is 0 Å². The van der Waals surface area contributed by atoms with Crippen LogP contribution in [0.3, 0.4) is 0 Å². The molecule has 1 N–H and O–H groups in total. The number of amides is 1. The van der Waals surface area contributed by atoms with Crippen molar-refractivity contribution in [3.63, 3.8) is 0 Å². The van der Waals surface area contributed by atoms with E-state index >= 15 is 0 Å². The lowest BCUT2D eigenvalue weighted by Crippen LogP contribution is -2.39. The van der Waals surface area contributed by atoms with Crippen molar-refractivity contribution in [3.8, 4) is 5.69 Å². The molecular formula is C27H23Cl2FN4O3S. The molecule has 0 unspecified atom stereocenters. The number of carbonyl (C=O) groups excluding carboxylic acids is 1. The van der Waals surface area contributed by atoms with Gasteiger partial charge in [-0.2, -0.15) is 5.10 Å². The number of aromatic nitrogens is 1. The number of sulfonamides is 1. The van der Waals surface area contributed by atoms with E-state index in [1.807, 2.05) is 30.5 Å². The third-order valence-corrected chi connectivity index (χ3v) is 8.28. The summed E-state index contributed by atoms with van der Waals surface area (Å²) in [6, 6.07) is 19.7. The third kappa shape index (κ3) is 5.91. The lowest BCUT2D eigenvalue weighted by molar-refractivity contribution is -0.119. The zero-order valence-corrected chi connectivity index (χ0v) is 22.7. The fourth-order valence-electron chi connectivity index (χ4n) is 3.92. The Labute approximate surface area is 230 Å². The van der Waals surface area contributed by atoms with Gasteiger partial charge in [0.2, 0.25) is 0 Å². The van der Waals surface area contributed by atoms with Crippen LogP contribution in [0.2, 0.25) is 10.0 Å². The Morgan fingerprint density at radius 2 is 1.68 bits per heavy atom. The summed E-state index contributed by atoms with van der Waals surface area (Å²) in [5, 5.41) is 4.91. The fourth-order valence-corrected chi connectivity index (χ4v) is 5.66. The Morgan fingerprint density at radius 1 is 1.00 bits per heavy atom. The maximum atomic E-state index is 13.5. The van der Waals surface area contributed by atoms with Gasteiger partial charge in [0.25, 0.3) is 15.9 Å². The van der Waals surface area contributed by atoms with Crippen LogP contribution in [-0.4, -0.2) is 31.7 Å². The van der Waals surface area contributed by atoms with Crippen molar-refractivity contribution in [2.24, 2.45) is 5.10 Å². The summed E-state index contributed by atoms with van der Waals surface area (Å²) in [6.07, 6.45) is 1.47. The molecule has 0 saturated heterocycles. The minimum Gasteiger partial charge on any atom is -0.318 e. The van der Waals surface area contributed by atoms with Crippen molar-refractivity contribution in [1.29, 1.82) is 0 Å². The van der Waals surface area contributed by atoms with Gasteiger partial charge in [-0.05, 0) is 74.5 Å². The second-order valence-electron chi connectivity index (χ2n) is 8.35. The summed E-state index contributed by atoms with van der Waals surface area (Å²) in [5.41, 5.74) is 5.83. The minimum atomic E-state index is -4.11. The fraction of sp³-hybridized carbons (Fsp3) is 0.111. The monoisotopic (exact) mass is 572 g/mol. The molecule has 0 radical (unpaired) electrons. The van der Waals surface area contributed by atoms with Crippen molar-refractivity contribution < 1.29 is 17.6 Å². The number of hydrogen-bond donors (Lipinski definition) is 1. The number of halogens is 3. The van der Waals surface area contributed by atoms with E-state index in [2.05, 4.69) is 10.5 Å². The standard InChI is InChI=1S/C27H23Cl2FN4O3S/c1-18-14-20(19(2)34(18)23-12-13-25(28)26(29)15-23)16-31-32-27(35)17-33(22-10-8-21(30)9-11-22)38(36,37)24-6-4-3-5-7-24/h3-16H,17H2,1-2H3,(H,32,35)/b31-16-. The topological polar surface area (TPSA) is 83.8 Å². The summed E-state index contributed by atoms with van der Waals surface area (Å²) in [4.78, 5) is 12.8. The molecule has 0 aliphatic heterocycles. The number of hydrogen-bond acceptors (Lipinski definition) is 4. The number of carbonyl (C=O) groups is 1. The molecule has 38 heavy (non-hydrogen) atoms. The smallest absolute Gasteiger partial charge is 0.264 e. The summed E-state index contributed by atoms with van der Waals surface area (Å²) in [7, 11) is -4.11. The Bertz CT molecular complexity index is 1610. The highest BCUT2D eigenvalue weighted by Crippen LogP contribution is 2.27. The second kappa shape index (κ2) is 11.4. The molecule has 4 rings (SSSR count). The van der Waals surface area contributed by atoms with Crippen LogP contribution in [0.15, 0.2) is 88.9 Å². The largest absolute Gasteiger partial charge is 0.318 e. The Hall–Kier alpha value is -3.66. The molecule has 0 fully saturated rings. The van der Waals surface area contributed by atoms with Crippen LogP contribution in [0.4, 0.5) is 10.1 Å². The summed E-state index contributed by atoms with van der Waals surface area (Å²) in [6.45, 7) is 3.24. The van der Waals surface area contributed by atoms with Crippen LogP contribution in [0, 0.1) is 19.7 Å². The molecule has 0 aliphatic carbocycles. The van der Waals surface area contributed by atoms with Crippen molar-refractivity contribution in [2.45, 2.75) is 18.7 Å². The Morgan fingerprint density at radius 3 is 2.34 bits per heavy atom. The number of rotatable bonds is 8. The van der Waals surface area contributed by atoms with Gasteiger partial charge >= 0.3 is 0 Å². The summed E-state index contributed by atoms with van der Waals surface area (Å²) < 4.78 is 43.0. The molecular weight excluding hydrogens is 550 g/mol. The normalized spacial score (nSPS) is 11.6. The lowest BCUT2D eigenvalue weighted by atomic mass is 10.2. The first kappa shape index (κ1) is 27.4. The molecule has 1 aromatic heterocycles. The average molecular weight is 573 g/mol. The molecule has 0 aliphatic rings. The van der Waals surface area contributed by atoms with Crippen molar-refractivity contribution in [3.05, 3.63) is 112 Å². The van der Waals surface area contributed by atoms with E-state index in [0.29, 0.717) is 10.0 Å². The highest BCUT2D eigenvalue weighted by atomic mass is 35.5. The van der Waals surface area contributed by atoms with Gasteiger partial charge in [0.05, 0.1) is 26.8 Å². The predicted molar refractivity (Wildman–Crippen MR) is 148 cm³/mol. The first-order valence-corrected chi connectivity index (χ1v) is 13.6. The maximum Gasteiger partial charge on any atom is 0.264 e. The Balaban J connectivity index is 1.54. The van der Waals surface area contributed by atoms with Crippen LogP contribution in [0.1, 0.15) is 17.0 Å². The highest BCUT2D eigenvalue weighted by molar-refractivity contribution is 7.92. The zero-order valence-electron chi connectivity index (χ0n) is 20.4. The molecule has 4 aromatic rings. The summed E-state index contributed by atoms with van der Waals surface area (Å²) >= 11 is 12.2. The van der Waals surface area contributed by atoms with Gasteiger partial charge in [-0.25, -0.2) is 18.2 Å². The van der Waals surface area contributed by atoms with Crippen LogP contribution in [-0.2, 0) is 14.8 Å². The van der Waals surface area contributed by atoms with E-state index in [1.165, 1.54) is 30.5 Å². The second-order valence-corrected chi connectivity index (χ2v) is 11.0. The number of benzene rings is 3. The van der Waals surface area contributed by atoms with E-state index in [9.17, 15) is 17.6 Å². The van der Waals surface area contributed by atoms with E-state index < -0.39 is 28.3 Å². The molecule has 11 heteroatoms. The minimum absolute atomic E-state index is 0.00429. The van der Waals surface area contributed by atoms with Gasteiger partial charge in [0.1, 0.15) is 12.4 Å².